The molecule has 0 spiro atoms. The fraction of sp³-hybridized carbons (Fsp3) is 0.278. The quantitative estimate of drug-likeness (QED) is 0.783. The first-order valence-corrected chi connectivity index (χ1v) is 7.47. The SMILES string of the molecule is COc1ccc(O)c([C@H]2CC(=O)c3c(O)c(C)c(O)c(C)c3O2)c1. The van der Waals surface area contributed by atoms with Crippen LogP contribution in [0, 0.1) is 13.8 Å². The highest BCUT2D eigenvalue weighted by Gasteiger charge is 2.35. The van der Waals surface area contributed by atoms with Crippen LogP contribution < -0.4 is 9.47 Å². The second kappa shape index (κ2) is 5.63. The number of ether oxygens (including phenoxy) is 2. The van der Waals surface area contributed by atoms with E-state index in [2.05, 4.69) is 0 Å². The third kappa shape index (κ3) is 2.31. The van der Waals surface area contributed by atoms with E-state index in [1.165, 1.54) is 20.1 Å². The first kappa shape index (κ1) is 16.0. The summed E-state index contributed by atoms with van der Waals surface area (Å²) in [5.74, 6) is -0.0570. The maximum atomic E-state index is 12.5. The number of phenols is 3. The zero-order valence-electron chi connectivity index (χ0n) is 13.6. The predicted molar refractivity (Wildman–Crippen MR) is 86.2 cm³/mol. The van der Waals surface area contributed by atoms with Crippen molar-refractivity contribution in [2.24, 2.45) is 0 Å². The number of carbonyl (C=O) groups excluding carboxylic acids is 1. The molecule has 6 nitrogen and oxygen atoms in total. The fourth-order valence-corrected chi connectivity index (χ4v) is 2.93. The molecule has 0 saturated carbocycles. The van der Waals surface area contributed by atoms with E-state index in [0.717, 1.165) is 0 Å². The normalized spacial score (nSPS) is 16.5. The summed E-state index contributed by atoms with van der Waals surface area (Å²) in [5, 5.41) is 30.4. The maximum Gasteiger partial charge on any atom is 0.174 e. The van der Waals surface area contributed by atoms with Gasteiger partial charge < -0.3 is 24.8 Å². The summed E-state index contributed by atoms with van der Waals surface area (Å²) in [5.41, 5.74) is 1.10. The summed E-state index contributed by atoms with van der Waals surface area (Å²) in [7, 11) is 1.50. The zero-order valence-corrected chi connectivity index (χ0v) is 13.6. The summed E-state index contributed by atoms with van der Waals surface area (Å²) in [6, 6.07) is 4.67. The number of fused-ring (bicyclic) bond motifs is 1. The lowest BCUT2D eigenvalue weighted by molar-refractivity contribution is 0.0839. The van der Waals surface area contributed by atoms with E-state index in [9.17, 15) is 20.1 Å². The van der Waals surface area contributed by atoms with Crippen molar-refractivity contribution in [3.05, 3.63) is 40.5 Å². The Kier molecular flexibility index (Phi) is 3.75. The van der Waals surface area contributed by atoms with Gasteiger partial charge in [-0.05, 0) is 32.0 Å². The van der Waals surface area contributed by atoms with E-state index in [0.29, 0.717) is 16.9 Å². The zero-order chi connectivity index (χ0) is 17.6. The van der Waals surface area contributed by atoms with Crippen LogP contribution >= 0.6 is 0 Å². The Bertz CT molecular complexity index is 840. The second-order valence-corrected chi connectivity index (χ2v) is 5.81. The number of phenolic OH excluding ortho intramolecular Hbond substituents is 3. The van der Waals surface area contributed by atoms with E-state index in [1.54, 1.807) is 19.1 Å². The summed E-state index contributed by atoms with van der Waals surface area (Å²) in [4.78, 5) is 12.5. The Balaban J connectivity index is 2.12. The third-order valence-corrected chi connectivity index (χ3v) is 4.36. The Morgan fingerprint density at radius 2 is 1.83 bits per heavy atom. The Morgan fingerprint density at radius 1 is 1.12 bits per heavy atom. The number of ketones is 1. The molecule has 1 heterocycles. The number of carbonyl (C=O) groups is 1. The molecule has 0 unspecified atom stereocenters. The van der Waals surface area contributed by atoms with Crippen molar-refractivity contribution in [3.63, 3.8) is 0 Å². The summed E-state index contributed by atoms with van der Waals surface area (Å²) in [6.07, 6.45) is -0.773. The van der Waals surface area contributed by atoms with Crippen molar-refractivity contribution in [2.45, 2.75) is 26.4 Å². The smallest absolute Gasteiger partial charge is 0.174 e. The molecule has 3 rings (SSSR count). The fourth-order valence-electron chi connectivity index (χ4n) is 2.93. The largest absolute Gasteiger partial charge is 0.508 e. The molecule has 6 heteroatoms. The summed E-state index contributed by atoms with van der Waals surface area (Å²) < 4.78 is 11.0. The Morgan fingerprint density at radius 3 is 2.50 bits per heavy atom. The van der Waals surface area contributed by atoms with Crippen molar-refractivity contribution < 1.29 is 29.6 Å². The van der Waals surface area contributed by atoms with Gasteiger partial charge in [-0.2, -0.15) is 0 Å². The molecule has 0 amide bonds. The van der Waals surface area contributed by atoms with Gasteiger partial charge in [0.15, 0.2) is 5.78 Å². The van der Waals surface area contributed by atoms with Crippen molar-refractivity contribution in [1.29, 1.82) is 0 Å². The number of aromatic hydroxyl groups is 3. The average Bonchev–Trinajstić information content (AvgIpc) is 2.57. The predicted octanol–water partition coefficient (Wildman–Crippen LogP) is 3.14. The monoisotopic (exact) mass is 330 g/mol. The number of methoxy groups -OCH3 is 1. The molecule has 0 aromatic heterocycles. The third-order valence-electron chi connectivity index (χ3n) is 4.36. The number of benzene rings is 2. The van der Waals surface area contributed by atoms with Gasteiger partial charge in [0, 0.05) is 16.7 Å². The molecule has 1 aliphatic rings. The van der Waals surface area contributed by atoms with Gasteiger partial charge in [0.05, 0.1) is 13.5 Å². The minimum atomic E-state index is -0.736. The number of rotatable bonds is 2. The summed E-state index contributed by atoms with van der Waals surface area (Å²) in [6.45, 7) is 3.15. The van der Waals surface area contributed by atoms with Crippen LogP contribution in [0.25, 0.3) is 0 Å². The van der Waals surface area contributed by atoms with Gasteiger partial charge in [-0.1, -0.05) is 0 Å². The van der Waals surface area contributed by atoms with Crippen molar-refractivity contribution in [2.75, 3.05) is 7.11 Å². The van der Waals surface area contributed by atoms with Crippen LogP contribution in [0.2, 0.25) is 0 Å². The molecule has 126 valence electrons. The Labute approximate surface area is 138 Å². The van der Waals surface area contributed by atoms with Crippen LogP contribution in [0.15, 0.2) is 18.2 Å². The molecular formula is C18H18O6. The Hall–Kier alpha value is -2.89. The van der Waals surface area contributed by atoms with E-state index >= 15 is 0 Å². The molecule has 2 aromatic carbocycles. The highest BCUT2D eigenvalue weighted by molar-refractivity contribution is 6.03. The molecule has 0 fully saturated rings. The van der Waals surface area contributed by atoms with Gasteiger partial charge >= 0.3 is 0 Å². The van der Waals surface area contributed by atoms with E-state index in [4.69, 9.17) is 9.47 Å². The average molecular weight is 330 g/mol. The van der Waals surface area contributed by atoms with Crippen LogP contribution in [-0.4, -0.2) is 28.2 Å². The van der Waals surface area contributed by atoms with E-state index in [1.807, 2.05) is 0 Å². The lowest BCUT2D eigenvalue weighted by Gasteiger charge is -2.29. The van der Waals surface area contributed by atoms with Gasteiger partial charge in [0.1, 0.15) is 40.4 Å². The molecule has 0 aliphatic carbocycles. The minimum absolute atomic E-state index is 0.0183. The van der Waals surface area contributed by atoms with Crippen LogP contribution in [0.1, 0.15) is 39.6 Å². The van der Waals surface area contributed by atoms with Crippen LogP contribution in [-0.2, 0) is 0 Å². The van der Waals surface area contributed by atoms with Gasteiger partial charge in [-0.15, -0.1) is 0 Å². The lowest BCUT2D eigenvalue weighted by atomic mass is 9.91. The maximum absolute atomic E-state index is 12.5. The van der Waals surface area contributed by atoms with Gasteiger partial charge in [-0.25, -0.2) is 0 Å². The molecule has 0 bridgehead atoms. The highest BCUT2D eigenvalue weighted by atomic mass is 16.5. The van der Waals surface area contributed by atoms with Gasteiger partial charge in [-0.3, -0.25) is 4.79 Å². The number of Topliss-reactive ketones (excluding diaryl/α,β-unsaturated/α-hetero) is 1. The second-order valence-electron chi connectivity index (χ2n) is 5.81. The molecule has 0 radical (unpaired) electrons. The van der Waals surface area contributed by atoms with E-state index in [-0.39, 0.29) is 46.3 Å². The van der Waals surface area contributed by atoms with Crippen LogP contribution in [0.3, 0.4) is 0 Å². The first-order chi connectivity index (χ1) is 11.3. The van der Waals surface area contributed by atoms with Crippen molar-refractivity contribution in [1.82, 2.24) is 0 Å². The highest BCUT2D eigenvalue weighted by Crippen LogP contribution is 2.48. The molecular weight excluding hydrogens is 312 g/mol. The van der Waals surface area contributed by atoms with E-state index < -0.39 is 6.10 Å². The minimum Gasteiger partial charge on any atom is -0.508 e. The van der Waals surface area contributed by atoms with Crippen molar-refractivity contribution in [3.8, 4) is 28.7 Å². The molecule has 0 saturated heterocycles. The topological polar surface area (TPSA) is 96.2 Å². The molecule has 2 aromatic rings. The number of hydrogen-bond acceptors (Lipinski definition) is 6. The lowest BCUT2D eigenvalue weighted by Crippen LogP contribution is -2.21. The summed E-state index contributed by atoms with van der Waals surface area (Å²) >= 11 is 0. The molecule has 1 aliphatic heterocycles. The van der Waals surface area contributed by atoms with Gasteiger partial charge in [0.2, 0.25) is 0 Å². The molecule has 1 atom stereocenters. The first-order valence-electron chi connectivity index (χ1n) is 7.47. The van der Waals surface area contributed by atoms with Crippen molar-refractivity contribution >= 4 is 5.78 Å². The number of hydrogen-bond donors (Lipinski definition) is 3. The molecule has 24 heavy (non-hydrogen) atoms. The standard InChI is InChI=1S/C18H18O6/c1-8-16(21)9(2)18-15(17(8)22)13(20)7-14(24-18)11-6-10(23-3)4-5-12(11)19/h4-6,14,19,21-22H,7H2,1-3H3/t14-/m1/s1. The van der Waals surface area contributed by atoms with Crippen LogP contribution in [0.4, 0.5) is 0 Å². The molecule has 3 N–H and O–H groups in total. The van der Waals surface area contributed by atoms with Gasteiger partial charge in [0.25, 0.3) is 0 Å². The van der Waals surface area contributed by atoms with Crippen LogP contribution in [0.5, 0.6) is 28.7 Å².